The fraction of sp³-hybridized carbons (Fsp3) is 0.786. The van der Waals surface area contributed by atoms with Crippen molar-refractivity contribution in [3.63, 3.8) is 0 Å². The Labute approximate surface area is 119 Å². The third-order valence-electron chi connectivity index (χ3n) is 4.49. The highest BCUT2D eigenvalue weighted by Gasteiger charge is 2.54. The summed E-state index contributed by atoms with van der Waals surface area (Å²) in [4.78, 5) is 37.5. The number of imide groups is 1. The van der Waals surface area contributed by atoms with E-state index in [1.54, 1.807) is 0 Å². The van der Waals surface area contributed by atoms with Crippen molar-refractivity contribution < 1.29 is 14.4 Å². The predicted octanol–water partition coefficient (Wildman–Crippen LogP) is 1.16. The van der Waals surface area contributed by atoms with Crippen molar-refractivity contribution in [3.05, 3.63) is 0 Å². The summed E-state index contributed by atoms with van der Waals surface area (Å²) < 4.78 is 0. The van der Waals surface area contributed by atoms with Gasteiger partial charge in [0, 0.05) is 6.04 Å². The molecule has 1 spiro atoms. The average Bonchev–Trinajstić information content (AvgIpc) is 2.99. The Morgan fingerprint density at radius 1 is 1.30 bits per heavy atom. The number of urea groups is 1. The molecule has 1 heterocycles. The Kier molecular flexibility index (Phi) is 4.30. The molecule has 1 aliphatic heterocycles. The van der Waals surface area contributed by atoms with Crippen LogP contribution < -0.4 is 10.6 Å². The van der Waals surface area contributed by atoms with Crippen LogP contribution in [-0.2, 0) is 9.59 Å². The number of amides is 4. The van der Waals surface area contributed by atoms with Gasteiger partial charge in [0.2, 0.25) is 5.91 Å². The summed E-state index contributed by atoms with van der Waals surface area (Å²) in [5.41, 5.74) is -0.775. The van der Waals surface area contributed by atoms with Gasteiger partial charge in [0.25, 0.3) is 5.91 Å². The second kappa shape index (κ2) is 5.81. The van der Waals surface area contributed by atoms with Gasteiger partial charge in [-0.1, -0.05) is 26.7 Å². The third kappa shape index (κ3) is 2.51. The molecule has 1 saturated heterocycles. The molecule has 6 nitrogen and oxygen atoms in total. The van der Waals surface area contributed by atoms with Gasteiger partial charge >= 0.3 is 6.03 Å². The quantitative estimate of drug-likeness (QED) is 0.742. The van der Waals surface area contributed by atoms with Crippen molar-refractivity contribution in [2.45, 2.75) is 64.0 Å². The number of carbonyl (C=O) groups is 3. The zero-order valence-electron chi connectivity index (χ0n) is 12.2. The molecule has 0 aromatic carbocycles. The Hall–Kier alpha value is -1.59. The van der Waals surface area contributed by atoms with Gasteiger partial charge in [-0.2, -0.15) is 0 Å². The Morgan fingerprint density at radius 2 is 1.90 bits per heavy atom. The lowest BCUT2D eigenvalue weighted by atomic mass is 9.96. The highest BCUT2D eigenvalue weighted by Crippen LogP contribution is 2.38. The third-order valence-corrected chi connectivity index (χ3v) is 4.49. The maximum atomic E-state index is 12.1. The van der Waals surface area contributed by atoms with Gasteiger partial charge in [0.15, 0.2) is 0 Å². The van der Waals surface area contributed by atoms with Crippen LogP contribution in [0, 0.1) is 0 Å². The van der Waals surface area contributed by atoms with Gasteiger partial charge in [-0.15, -0.1) is 0 Å². The summed E-state index contributed by atoms with van der Waals surface area (Å²) >= 11 is 0. The van der Waals surface area contributed by atoms with Crippen molar-refractivity contribution in [1.29, 1.82) is 0 Å². The first kappa shape index (κ1) is 14.8. The second-order valence-electron chi connectivity index (χ2n) is 5.67. The minimum atomic E-state index is -0.775. The molecule has 2 aliphatic rings. The van der Waals surface area contributed by atoms with Crippen molar-refractivity contribution in [2.24, 2.45) is 0 Å². The first-order valence-electron chi connectivity index (χ1n) is 7.46. The van der Waals surface area contributed by atoms with E-state index < -0.39 is 11.6 Å². The normalized spacial score (nSPS) is 20.9. The molecule has 0 atom stereocenters. The van der Waals surface area contributed by atoms with Crippen LogP contribution in [0.1, 0.15) is 52.4 Å². The van der Waals surface area contributed by atoms with Gasteiger partial charge in [0.05, 0.1) is 0 Å². The van der Waals surface area contributed by atoms with E-state index in [0.717, 1.165) is 25.7 Å². The van der Waals surface area contributed by atoms with Gasteiger partial charge in [0.1, 0.15) is 12.1 Å². The first-order valence-corrected chi connectivity index (χ1v) is 7.46. The lowest BCUT2D eigenvalue weighted by Crippen LogP contribution is -2.52. The van der Waals surface area contributed by atoms with Crippen LogP contribution in [0.5, 0.6) is 0 Å². The maximum absolute atomic E-state index is 12.1. The van der Waals surface area contributed by atoms with Crippen LogP contribution in [0.25, 0.3) is 0 Å². The molecule has 0 aromatic heterocycles. The highest BCUT2D eigenvalue weighted by molar-refractivity contribution is 6.08. The molecule has 2 rings (SSSR count). The molecule has 1 aliphatic carbocycles. The van der Waals surface area contributed by atoms with E-state index in [2.05, 4.69) is 10.6 Å². The minimum absolute atomic E-state index is 0.0337. The highest BCUT2D eigenvalue weighted by atomic mass is 16.2. The second-order valence-corrected chi connectivity index (χ2v) is 5.67. The van der Waals surface area contributed by atoms with Crippen LogP contribution in [0.2, 0.25) is 0 Å². The van der Waals surface area contributed by atoms with Crippen LogP contribution in [0.4, 0.5) is 4.79 Å². The maximum Gasteiger partial charge on any atom is 0.325 e. The van der Waals surface area contributed by atoms with E-state index in [0.29, 0.717) is 12.8 Å². The molecule has 2 fully saturated rings. The van der Waals surface area contributed by atoms with Crippen molar-refractivity contribution in [3.8, 4) is 0 Å². The first-order chi connectivity index (χ1) is 9.53. The monoisotopic (exact) mass is 281 g/mol. The standard InChI is InChI=1S/C14H23N3O3/c1-3-10(4-2)15-11(18)9-17-13(20)16-12(19)14(17)7-5-6-8-14/h10H,3-9H2,1-2H3,(H,15,18)(H,16,19,20). The lowest BCUT2D eigenvalue weighted by molar-refractivity contribution is -0.128. The van der Waals surface area contributed by atoms with E-state index in [1.165, 1.54) is 4.90 Å². The van der Waals surface area contributed by atoms with E-state index in [-0.39, 0.29) is 24.4 Å². The van der Waals surface area contributed by atoms with Crippen molar-refractivity contribution in [1.82, 2.24) is 15.5 Å². The molecule has 0 unspecified atom stereocenters. The van der Waals surface area contributed by atoms with Crippen molar-refractivity contribution >= 4 is 17.8 Å². The number of rotatable bonds is 5. The Balaban J connectivity index is 2.05. The zero-order chi connectivity index (χ0) is 14.8. The van der Waals surface area contributed by atoms with E-state index in [1.807, 2.05) is 13.8 Å². The molecule has 112 valence electrons. The van der Waals surface area contributed by atoms with Crippen LogP contribution in [0.3, 0.4) is 0 Å². The smallest absolute Gasteiger partial charge is 0.325 e. The SMILES string of the molecule is CCC(CC)NC(=O)CN1C(=O)NC(=O)C12CCCC2. The van der Waals surface area contributed by atoms with E-state index >= 15 is 0 Å². The zero-order valence-corrected chi connectivity index (χ0v) is 12.2. The molecular weight excluding hydrogens is 258 g/mol. The summed E-state index contributed by atoms with van der Waals surface area (Å²) in [6, 6.07) is -0.306. The van der Waals surface area contributed by atoms with Gasteiger partial charge in [-0.25, -0.2) is 4.79 Å². The molecule has 2 N–H and O–H groups in total. The van der Waals surface area contributed by atoms with Gasteiger partial charge < -0.3 is 10.2 Å². The molecule has 20 heavy (non-hydrogen) atoms. The fourth-order valence-corrected chi connectivity index (χ4v) is 3.19. The molecule has 6 heteroatoms. The molecule has 0 bridgehead atoms. The topological polar surface area (TPSA) is 78.5 Å². The lowest BCUT2D eigenvalue weighted by Gasteiger charge is -2.31. The van der Waals surface area contributed by atoms with E-state index in [4.69, 9.17) is 0 Å². The largest absolute Gasteiger partial charge is 0.352 e. The number of nitrogens with one attached hydrogen (secondary N) is 2. The molecule has 1 saturated carbocycles. The molecule has 4 amide bonds. The molecule has 0 aromatic rings. The van der Waals surface area contributed by atoms with Crippen molar-refractivity contribution in [2.75, 3.05) is 6.54 Å². The summed E-state index contributed by atoms with van der Waals surface area (Å²) in [6.07, 6.45) is 4.87. The van der Waals surface area contributed by atoms with Gasteiger partial charge in [-0.05, 0) is 25.7 Å². The van der Waals surface area contributed by atoms with Crippen LogP contribution in [-0.4, -0.2) is 40.9 Å². The van der Waals surface area contributed by atoms with Crippen LogP contribution in [0.15, 0.2) is 0 Å². The number of hydrogen-bond donors (Lipinski definition) is 2. The van der Waals surface area contributed by atoms with Gasteiger partial charge in [-0.3, -0.25) is 14.9 Å². The number of hydrogen-bond acceptors (Lipinski definition) is 3. The Bertz CT molecular complexity index is 412. The predicted molar refractivity (Wildman–Crippen MR) is 74.0 cm³/mol. The molecule has 0 radical (unpaired) electrons. The summed E-state index contributed by atoms with van der Waals surface area (Å²) in [5.74, 6) is -0.426. The Morgan fingerprint density at radius 3 is 2.45 bits per heavy atom. The minimum Gasteiger partial charge on any atom is -0.352 e. The summed E-state index contributed by atoms with van der Waals surface area (Å²) in [7, 11) is 0. The average molecular weight is 281 g/mol. The number of carbonyl (C=O) groups excluding carboxylic acids is 3. The molecular formula is C14H23N3O3. The fourth-order valence-electron chi connectivity index (χ4n) is 3.19. The van der Waals surface area contributed by atoms with E-state index in [9.17, 15) is 14.4 Å². The number of nitrogens with zero attached hydrogens (tertiary/aromatic N) is 1. The summed E-state index contributed by atoms with van der Waals surface area (Å²) in [5, 5.41) is 5.27. The summed E-state index contributed by atoms with van der Waals surface area (Å²) in [6.45, 7) is 3.99. The van der Waals surface area contributed by atoms with Crippen LogP contribution >= 0.6 is 0 Å².